The van der Waals surface area contributed by atoms with Crippen molar-refractivity contribution in [2.75, 3.05) is 10.6 Å². The largest absolute Gasteiger partial charge is 0.481 e. The van der Waals surface area contributed by atoms with Gasteiger partial charge in [-0.15, -0.1) is 0 Å². The molecular weight excluding hydrogens is 316 g/mol. The molecule has 0 aliphatic heterocycles. The monoisotopic (exact) mass is 340 g/mol. The van der Waals surface area contributed by atoms with Gasteiger partial charge in [-0.3, -0.25) is 9.59 Å². The van der Waals surface area contributed by atoms with Crippen molar-refractivity contribution in [3.05, 3.63) is 53.6 Å². The van der Waals surface area contributed by atoms with Gasteiger partial charge >= 0.3 is 0 Å². The molecule has 0 heterocycles. The van der Waals surface area contributed by atoms with Crippen molar-refractivity contribution < 1.29 is 14.3 Å². The number of benzene rings is 2. The first-order chi connectivity index (χ1) is 11.9. The first-order valence-corrected chi connectivity index (χ1v) is 8.34. The van der Waals surface area contributed by atoms with Crippen LogP contribution in [0.15, 0.2) is 42.5 Å². The summed E-state index contributed by atoms with van der Waals surface area (Å²) in [6, 6.07) is 13.0. The van der Waals surface area contributed by atoms with E-state index in [-0.39, 0.29) is 11.8 Å². The first-order valence-electron chi connectivity index (χ1n) is 8.34. The second-order valence-electron chi connectivity index (χ2n) is 5.95. The Morgan fingerprint density at radius 2 is 1.76 bits per heavy atom. The summed E-state index contributed by atoms with van der Waals surface area (Å²) in [6.45, 7) is 7.33. The highest BCUT2D eigenvalue weighted by Gasteiger charge is 2.16. The van der Waals surface area contributed by atoms with Crippen molar-refractivity contribution in [2.24, 2.45) is 0 Å². The number of para-hydroxylation sites is 1. The van der Waals surface area contributed by atoms with Gasteiger partial charge in [-0.05, 0) is 50.1 Å². The van der Waals surface area contributed by atoms with Crippen LogP contribution in [0.1, 0.15) is 31.4 Å². The number of carbonyl (C=O) groups is 2. The second-order valence-corrected chi connectivity index (χ2v) is 5.95. The maximum Gasteiger partial charge on any atom is 0.265 e. The number of aryl methyl sites for hydroxylation is 2. The van der Waals surface area contributed by atoms with Gasteiger partial charge in [-0.1, -0.05) is 31.2 Å². The van der Waals surface area contributed by atoms with E-state index >= 15 is 0 Å². The molecule has 2 N–H and O–H groups in total. The fourth-order valence-corrected chi connectivity index (χ4v) is 2.25. The molecule has 1 atom stereocenters. The van der Waals surface area contributed by atoms with E-state index in [1.807, 2.05) is 44.2 Å². The van der Waals surface area contributed by atoms with E-state index in [4.69, 9.17) is 4.74 Å². The summed E-state index contributed by atoms with van der Waals surface area (Å²) in [5.41, 5.74) is 3.21. The molecule has 25 heavy (non-hydrogen) atoms. The van der Waals surface area contributed by atoms with E-state index in [0.717, 1.165) is 11.1 Å². The molecule has 0 saturated carbocycles. The maximum absolute atomic E-state index is 12.4. The van der Waals surface area contributed by atoms with Crippen LogP contribution < -0.4 is 15.4 Å². The topological polar surface area (TPSA) is 67.4 Å². The molecule has 5 nitrogen and oxygen atoms in total. The second kappa shape index (κ2) is 8.33. The lowest BCUT2D eigenvalue weighted by Crippen LogP contribution is -2.30. The van der Waals surface area contributed by atoms with Crippen molar-refractivity contribution in [1.82, 2.24) is 0 Å². The highest BCUT2D eigenvalue weighted by molar-refractivity contribution is 5.96. The molecule has 0 fully saturated rings. The van der Waals surface area contributed by atoms with Gasteiger partial charge in [0.1, 0.15) is 5.75 Å². The SMILES string of the molecule is CCC(=O)Nc1cc(NC(=O)C(C)Oc2ccccc2C)ccc1C. The quantitative estimate of drug-likeness (QED) is 0.833. The lowest BCUT2D eigenvalue weighted by atomic mass is 10.1. The van der Waals surface area contributed by atoms with E-state index in [1.54, 1.807) is 26.0 Å². The Bertz CT molecular complexity index is 771. The molecule has 2 rings (SSSR count). The zero-order chi connectivity index (χ0) is 18.4. The summed E-state index contributed by atoms with van der Waals surface area (Å²) in [4.78, 5) is 24.0. The van der Waals surface area contributed by atoms with Gasteiger partial charge in [0.2, 0.25) is 5.91 Å². The van der Waals surface area contributed by atoms with Crippen LogP contribution in [0.25, 0.3) is 0 Å². The van der Waals surface area contributed by atoms with Crippen LogP contribution in [0, 0.1) is 13.8 Å². The van der Waals surface area contributed by atoms with Gasteiger partial charge in [0.25, 0.3) is 5.91 Å². The minimum Gasteiger partial charge on any atom is -0.481 e. The average Bonchev–Trinajstić information content (AvgIpc) is 2.59. The van der Waals surface area contributed by atoms with E-state index in [1.165, 1.54) is 0 Å². The standard InChI is InChI=1S/C20H24N2O3/c1-5-19(23)22-17-12-16(11-10-13(17)2)21-20(24)15(4)25-18-9-7-6-8-14(18)3/h6-12,15H,5H2,1-4H3,(H,21,24)(H,22,23). The van der Waals surface area contributed by atoms with Gasteiger partial charge in [-0.2, -0.15) is 0 Å². The van der Waals surface area contributed by atoms with Gasteiger partial charge in [-0.25, -0.2) is 0 Å². The van der Waals surface area contributed by atoms with Crippen molar-refractivity contribution in [1.29, 1.82) is 0 Å². The minimum absolute atomic E-state index is 0.0668. The molecule has 2 amide bonds. The van der Waals surface area contributed by atoms with Gasteiger partial charge in [0, 0.05) is 17.8 Å². The third-order valence-corrected chi connectivity index (χ3v) is 3.87. The van der Waals surface area contributed by atoms with E-state index in [2.05, 4.69) is 10.6 Å². The van der Waals surface area contributed by atoms with Crippen LogP contribution >= 0.6 is 0 Å². The van der Waals surface area contributed by atoms with Crippen LogP contribution in [-0.2, 0) is 9.59 Å². The Labute approximate surface area is 148 Å². The van der Waals surface area contributed by atoms with E-state index in [9.17, 15) is 9.59 Å². The molecule has 0 aliphatic carbocycles. The van der Waals surface area contributed by atoms with Crippen LogP contribution in [0.5, 0.6) is 5.75 Å². The molecule has 0 aliphatic rings. The lowest BCUT2D eigenvalue weighted by molar-refractivity contribution is -0.122. The first kappa shape index (κ1) is 18.5. The smallest absolute Gasteiger partial charge is 0.265 e. The number of hydrogen-bond donors (Lipinski definition) is 2. The van der Waals surface area contributed by atoms with Crippen LogP contribution in [-0.4, -0.2) is 17.9 Å². The Hall–Kier alpha value is -2.82. The molecule has 0 aromatic heterocycles. The fourth-order valence-electron chi connectivity index (χ4n) is 2.25. The molecule has 0 radical (unpaired) electrons. The number of rotatable bonds is 6. The maximum atomic E-state index is 12.4. The summed E-state index contributed by atoms with van der Waals surface area (Å²) in [5.74, 6) is 0.368. The molecule has 5 heteroatoms. The summed E-state index contributed by atoms with van der Waals surface area (Å²) in [5, 5.41) is 5.65. The van der Waals surface area contributed by atoms with Crippen LogP contribution in [0.2, 0.25) is 0 Å². The van der Waals surface area contributed by atoms with E-state index < -0.39 is 6.10 Å². The molecule has 0 spiro atoms. The normalized spacial score (nSPS) is 11.5. The van der Waals surface area contributed by atoms with Crippen LogP contribution in [0.4, 0.5) is 11.4 Å². The lowest BCUT2D eigenvalue weighted by Gasteiger charge is -2.17. The molecule has 0 bridgehead atoms. The molecule has 0 saturated heterocycles. The van der Waals surface area contributed by atoms with Crippen LogP contribution in [0.3, 0.4) is 0 Å². The number of carbonyl (C=O) groups excluding carboxylic acids is 2. The fraction of sp³-hybridized carbons (Fsp3) is 0.300. The highest BCUT2D eigenvalue weighted by Crippen LogP contribution is 2.22. The Morgan fingerprint density at radius 3 is 2.44 bits per heavy atom. The zero-order valence-corrected chi connectivity index (χ0v) is 15.1. The zero-order valence-electron chi connectivity index (χ0n) is 15.1. The van der Waals surface area contributed by atoms with Crippen molar-refractivity contribution in [2.45, 2.75) is 40.2 Å². The number of anilines is 2. The summed E-state index contributed by atoms with van der Waals surface area (Å²) in [7, 11) is 0. The molecule has 2 aromatic carbocycles. The third kappa shape index (κ3) is 5.08. The summed E-state index contributed by atoms with van der Waals surface area (Å²) >= 11 is 0. The third-order valence-electron chi connectivity index (χ3n) is 3.87. The van der Waals surface area contributed by atoms with E-state index in [0.29, 0.717) is 23.5 Å². The average molecular weight is 340 g/mol. The van der Waals surface area contributed by atoms with Gasteiger partial charge in [0.15, 0.2) is 6.10 Å². The molecule has 132 valence electrons. The number of ether oxygens (including phenoxy) is 1. The molecule has 1 unspecified atom stereocenters. The Kier molecular flexibility index (Phi) is 6.17. The van der Waals surface area contributed by atoms with Crippen molar-refractivity contribution in [3.63, 3.8) is 0 Å². The minimum atomic E-state index is -0.643. The predicted octanol–water partition coefficient (Wildman–Crippen LogP) is 4.06. The Morgan fingerprint density at radius 1 is 1.04 bits per heavy atom. The number of amides is 2. The summed E-state index contributed by atoms with van der Waals surface area (Å²) < 4.78 is 5.73. The molecular formula is C20H24N2O3. The Balaban J connectivity index is 2.05. The summed E-state index contributed by atoms with van der Waals surface area (Å²) in [6.07, 6.45) is -0.242. The van der Waals surface area contributed by atoms with Crippen molar-refractivity contribution in [3.8, 4) is 5.75 Å². The van der Waals surface area contributed by atoms with Gasteiger partial charge in [0.05, 0.1) is 0 Å². The highest BCUT2D eigenvalue weighted by atomic mass is 16.5. The number of nitrogens with one attached hydrogen (secondary N) is 2. The number of hydrogen-bond acceptors (Lipinski definition) is 3. The van der Waals surface area contributed by atoms with Gasteiger partial charge < -0.3 is 15.4 Å². The predicted molar refractivity (Wildman–Crippen MR) is 100.0 cm³/mol. The molecule has 2 aromatic rings. The van der Waals surface area contributed by atoms with Crippen molar-refractivity contribution >= 4 is 23.2 Å².